The largest absolute Gasteiger partial charge is 0.493 e. The van der Waals surface area contributed by atoms with Crippen molar-refractivity contribution in [3.05, 3.63) is 51.8 Å². The fourth-order valence-electron chi connectivity index (χ4n) is 2.09. The fraction of sp³-hybridized carbons (Fsp3) is 0.294. The maximum absolute atomic E-state index is 12.3. The molecule has 0 saturated heterocycles. The third kappa shape index (κ3) is 4.07. The Balaban J connectivity index is 2.23. The first-order valence-electron chi connectivity index (χ1n) is 7.16. The lowest BCUT2D eigenvalue weighted by Gasteiger charge is -2.08. The second kappa shape index (κ2) is 7.40. The van der Waals surface area contributed by atoms with Crippen molar-refractivity contribution < 1.29 is 9.53 Å². The Kier molecular flexibility index (Phi) is 5.55. The number of halogens is 1. The van der Waals surface area contributed by atoms with Crippen molar-refractivity contribution in [3.63, 3.8) is 0 Å². The molecule has 2 aromatic rings. The van der Waals surface area contributed by atoms with E-state index in [9.17, 15) is 4.79 Å². The molecule has 4 nitrogen and oxygen atoms in total. The standard InChI is InChI=1S/C17H19BrN2O2/c1-4-9-22-17-8-6-14(18)10-13(17)5-7-16(21)15-11-20(3)19-12(15)2/h5-8,10-11H,4,9H2,1-3H3/b7-5+. The Labute approximate surface area is 138 Å². The average molecular weight is 363 g/mol. The highest BCUT2D eigenvalue weighted by Crippen LogP contribution is 2.25. The molecule has 1 aromatic carbocycles. The number of hydrogen-bond acceptors (Lipinski definition) is 3. The summed E-state index contributed by atoms with van der Waals surface area (Å²) in [5.74, 6) is 0.712. The predicted octanol–water partition coefficient (Wildman–Crippen LogP) is 4.18. The van der Waals surface area contributed by atoms with Gasteiger partial charge in [-0.15, -0.1) is 0 Å². The van der Waals surface area contributed by atoms with E-state index in [1.165, 1.54) is 0 Å². The van der Waals surface area contributed by atoms with Crippen LogP contribution in [0.2, 0.25) is 0 Å². The summed E-state index contributed by atoms with van der Waals surface area (Å²) in [6.45, 7) is 4.54. The fourth-order valence-corrected chi connectivity index (χ4v) is 2.47. The van der Waals surface area contributed by atoms with Gasteiger partial charge in [-0.25, -0.2) is 0 Å². The van der Waals surface area contributed by atoms with Gasteiger partial charge in [0.1, 0.15) is 5.75 Å². The number of allylic oxidation sites excluding steroid dienone is 1. The number of ketones is 1. The average Bonchev–Trinajstić information content (AvgIpc) is 2.82. The molecule has 0 unspecified atom stereocenters. The number of rotatable bonds is 6. The van der Waals surface area contributed by atoms with Gasteiger partial charge in [-0.2, -0.15) is 5.10 Å². The van der Waals surface area contributed by atoms with E-state index < -0.39 is 0 Å². The zero-order chi connectivity index (χ0) is 16.1. The van der Waals surface area contributed by atoms with E-state index in [-0.39, 0.29) is 5.78 Å². The Morgan fingerprint density at radius 2 is 2.23 bits per heavy atom. The molecule has 0 amide bonds. The summed E-state index contributed by atoms with van der Waals surface area (Å²) in [7, 11) is 1.80. The lowest BCUT2D eigenvalue weighted by atomic mass is 10.1. The molecule has 0 aliphatic heterocycles. The molecule has 0 fully saturated rings. The van der Waals surface area contributed by atoms with E-state index in [0.29, 0.717) is 12.2 Å². The first-order chi connectivity index (χ1) is 10.5. The van der Waals surface area contributed by atoms with Crippen LogP contribution < -0.4 is 4.74 Å². The van der Waals surface area contributed by atoms with Gasteiger partial charge < -0.3 is 4.74 Å². The van der Waals surface area contributed by atoms with E-state index >= 15 is 0 Å². The zero-order valence-electron chi connectivity index (χ0n) is 13.0. The summed E-state index contributed by atoms with van der Waals surface area (Å²) in [5, 5.41) is 4.19. The van der Waals surface area contributed by atoms with Crippen molar-refractivity contribution in [2.45, 2.75) is 20.3 Å². The Bertz CT molecular complexity index is 705. The van der Waals surface area contributed by atoms with Gasteiger partial charge in [0.2, 0.25) is 0 Å². The maximum atomic E-state index is 12.3. The molecule has 116 valence electrons. The number of carbonyl (C=O) groups excluding carboxylic acids is 1. The molecule has 0 bridgehead atoms. The third-order valence-electron chi connectivity index (χ3n) is 3.13. The van der Waals surface area contributed by atoms with E-state index in [1.54, 1.807) is 30.1 Å². The van der Waals surface area contributed by atoms with E-state index in [1.807, 2.05) is 25.1 Å². The van der Waals surface area contributed by atoms with E-state index in [2.05, 4.69) is 28.0 Å². The summed E-state index contributed by atoms with van der Waals surface area (Å²) >= 11 is 3.44. The van der Waals surface area contributed by atoms with Crippen LogP contribution in [-0.2, 0) is 7.05 Å². The van der Waals surface area contributed by atoms with Gasteiger partial charge in [-0.3, -0.25) is 9.48 Å². The lowest BCUT2D eigenvalue weighted by Crippen LogP contribution is -1.98. The van der Waals surface area contributed by atoms with Crippen molar-refractivity contribution in [1.82, 2.24) is 9.78 Å². The molecule has 2 rings (SSSR count). The van der Waals surface area contributed by atoms with Crippen LogP contribution >= 0.6 is 15.9 Å². The molecule has 0 atom stereocenters. The van der Waals surface area contributed by atoms with Crippen molar-refractivity contribution in [1.29, 1.82) is 0 Å². The Morgan fingerprint density at radius 3 is 2.86 bits per heavy atom. The van der Waals surface area contributed by atoms with Gasteiger partial charge in [0.05, 0.1) is 17.9 Å². The van der Waals surface area contributed by atoms with Crippen LogP contribution in [0.25, 0.3) is 6.08 Å². The van der Waals surface area contributed by atoms with Crippen LogP contribution in [0.4, 0.5) is 0 Å². The minimum absolute atomic E-state index is 0.0629. The monoisotopic (exact) mass is 362 g/mol. The molecule has 1 heterocycles. The number of hydrogen-bond donors (Lipinski definition) is 0. The van der Waals surface area contributed by atoms with Gasteiger partial charge in [0, 0.05) is 23.3 Å². The minimum Gasteiger partial charge on any atom is -0.493 e. The topological polar surface area (TPSA) is 44.1 Å². The van der Waals surface area contributed by atoms with Crippen LogP contribution in [0.15, 0.2) is 34.9 Å². The number of ether oxygens (including phenoxy) is 1. The van der Waals surface area contributed by atoms with Crippen LogP contribution in [0.1, 0.15) is 35.0 Å². The molecule has 0 saturated carbocycles. The maximum Gasteiger partial charge on any atom is 0.189 e. The summed E-state index contributed by atoms with van der Waals surface area (Å²) in [5.41, 5.74) is 2.22. The van der Waals surface area contributed by atoms with Gasteiger partial charge in [0.15, 0.2) is 5.78 Å². The van der Waals surface area contributed by atoms with Gasteiger partial charge in [-0.05, 0) is 43.7 Å². The molecule has 22 heavy (non-hydrogen) atoms. The summed E-state index contributed by atoms with van der Waals surface area (Å²) in [4.78, 5) is 12.3. The van der Waals surface area contributed by atoms with E-state index in [4.69, 9.17) is 4.74 Å². The second-order valence-electron chi connectivity index (χ2n) is 5.03. The Morgan fingerprint density at radius 1 is 1.45 bits per heavy atom. The molecule has 0 aliphatic rings. The number of aromatic nitrogens is 2. The molecular weight excluding hydrogens is 344 g/mol. The number of aryl methyl sites for hydroxylation is 2. The number of carbonyl (C=O) groups is 1. The second-order valence-corrected chi connectivity index (χ2v) is 5.95. The van der Waals surface area contributed by atoms with Gasteiger partial charge in [0.25, 0.3) is 0 Å². The van der Waals surface area contributed by atoms with Crippen LogP contribution in [0.3, 0.4) is 0 Å². The summed E-state index contributed by atoms with van der Waals surface area (Å²) in [6, 6.07) is 5.76. The smallest absolute Gasteiger partial charge is 0.189 e. The quantitative estimate of drug-likeness (QED) is 0.571. The van der Waals surface area contributed by atoms with Crippen molar-refractivity contribution in [3.8, 4) is 5.75 Å². The number of benzene rings is 1. The Hall–Kier alpha value is -1.88. The van der Waals surface area contributed by atoms with Gasteiger partial charge >= 0.3 is 0 Å². The van der Waals surface area contributed by atoms with Crippen molar-refractivity contribution >= 4 is 27.8 Å². The predicted molar refractivity (Wildman–Crippen MR) is 91.2 cm³/mol. The lowest BCUT2D eigenvalue weighted by molar-refractivity contribution is 0.104. The first-order valence-corrected chi connectivity index (χ1v) is 7.95. The molecule has 0 aliphatic carbocycles. The molecule has 0 radical (unpaired) electrons. The van der Waals surface area contributed by atoms with E-state index in [0.717, 1.165) is 27.9 Å². The highest BCUT2D eigenvalue weighted by atomic mass is 79.9. The molecule has 0 N–H and O–H groups in total. The SMILES string of the molecule is CCCOc1ccc(Br)cc1/C=C/C(=O)c1cn(C)nc1C. The van der Waals surface area contributed by atoms with Crippen molar-refractivity contribution in [2.75, 3.05) is 6.61 Å². The molecule has 0 spiro atoms. The first kappa shape index (κ1) is 16.5. The highest BCUT2D eigenvalue weighted by Gasteiger charge is 2.10. The minimum atomic E-state index is -0.0629. The molecular formula is C17H19BrN2O2. The summed E-state index contributed by atoms with van der Waals surface area (Å²) in [6.07, 6.45) is 6.01. The number of nitrogens with zero attached hydrogens (tertiary/aromatic N) is 2. The normalized spacial score (nSPS) is 11.1. The van der Waals surface area contributed by atoms with Crippen LogP contribution in [0.5, 0.6) is 5.75 Å². The van der Waals surface area contributed by atoms with Gasteiger partial charge in [-0.1, -0.05) is 22.9 Å². The summed E-state index contributed by atoms with van der Waals surface area (Å²) < 4.78 is 8.30. The van der Waals surface area contributed by atoms with Crippen molar-refractivity contribution in [2.24, 2.45) is 7.05 Å². The van der Waals surface area contributed by atoms with Crippen LogP contribution in [0, 0.1) is 6.92 Å². The highest BCUT2D eigenvalue weighted by molar-refractivity contribution is 9.10. The zero-order valence-corrected chi connectivity index (χ0v) is 14.6. The molecule has 5 heteroatoms. The third-order valence-corrected chi connectivity index (χ3v) is 3.62. The molecule has 1 aromatic heterocycles. The van der Waals surface area contributed by atoms with Crippen LogP contribution in [-0.4, -0.2) is 22.2 Å².